The van der Waals surface area contributed by atoms with E-state index in [1.54, 1.807) is 51.2 Å². The van der Waals surface area contributed by atoms with E-state index in [0.717, 1.165) is 10.5 Å². The van der Waals surface area contributed by atoms with Gasteiger partial charge in [0.25, 0.3) is 0 Å². The number of ether oxygens (including phenoxy) is 2. The molecule has 1 aromatic heterocycles. The number of amides is 3. The van der Waals surface area contributed by atoms with Gasteiger partial charge in [-0.15, -0.1) is 5.10 Å². The van der Waals surface area contributed by atoms with Crippen LogP contribution < -0.4 is 20.3 Å². The van der Waals surface area contributed by atoms with Crippen molar-refractivity contribution in [1.29, 1.82) is 0 Å². The number of carbonyl (C=O) groups is 2. The molecule has 2 aromatic carbocycles. The summed E-state index contributed by atoms with van der Waals surface area (Å²) in [6, 6.07) is 10.6. The summed E-state index contributed by atoms with van der Waals surface area (Å²) in [6.07, 6.45) is 1.52. The van der Waals surface area contributed by atoms with E-state index < -0.39 is 23.5 Å². The van der Waals surface area contributed by atoms with Crippen molar-refractivity contribution in [1.82, 2.24) is 15.1 Å². The highest BCUT2D eigenvalue weighted by Gasteiger charge is 2.25. The standard InChI is InChI=1S/C25H27ClFN5O4/c1-25(2,3)36-24(34)31(4)20-9-8-15(14-18(20)27)32-12-10-21(30-32)29-23(33)28-19-11-13-35-22-16(19)6-5-7-17(22)26/h5-10,12,14,19H,11,13H2,1-4H3,(H2,28,29,30,33)/t19-/m0/s1. The maximum Gasteiger partial charge on any atom is 0.414 e. The Hall–Kier alpha value is -3.79. The fourth-order valence-electron chi connectivity index (χ4n) is 3.72. The number of fused-ring (bicyclic) bond motifs is 1. The first-order chi connectivity index (χ1) is 17.0. The Bertz CT molecular complexity index is 1290. The third kappa shape index (κ3) is 5.71. The van der Waals surface area contributed by atoms with Crippen molar-refractivity contribution >= 4 is 35.2 Å². The summed E-state index contributed by atoms with van der Waals surface area (Å²) in [5.74, 6) is 0.226. The molecule has 3 amide bonds. The number of anilines is 2. The lowest BCUT2D eigenvalue weighted by Gasteiger charge is -2.27. The highest BCUT2D eigenvalue weighted by atomic mass is 35.5. The van der Waals surface area contributed by atoms with Gasteiger partial charge >= 0.3 is 12.1 Å². The van der Waals surface area contributed by atoms with Crippen LogP contribution in [-0.4, -0.2) is 41.2 Å². The molecule has 1 aliphatic heterocycles. The fraction of sp³-hybridized carbons (Fsp3) is 0.320. The molecule has 2 N–H and O–H groups in total. The molecule has 0 aliphatic carbocycles. The predicted octanol–water partition coefficient (Wildman–Crippen LogP) is 5.68. The second-order valence-electron chi connectivity index (χ2n) is 9.27. The van der Waals surface area contributed by atoms with E-state index in [9.17, 15) is 14.0 Å². The van der Waals surface area contributed by atoms with Gasteiger partial charge in [0, 0.05) is 37.4 Å². The molecular weight excluding hydrogens is 489 g/mol. The van der Waals surface area contributed by atoms with Gasteiger partial charge in [0.2, 0.25) is 0 Å². The van der Waals surface area contributed by atoms with Gasteiger partial charge in [-0.05, 0) is 39.0 Å². The number of carbonyl (C=O) groups excluding carboxylic acids is 2. The minimum Gasteiger partial charge on any atom is -0.492 e. The van der Waals surface area contributed by atoms with Crippen LogP contribution in [0, 0.1) is 5.82 Å². The second kappa shape index (κ2) is 10.1. The molecule has 1 aliphatic rings. The molecule has 0 fully saturated rings. The van der Waals surface area contributed by atoms with Crippen LogP contribution in [0.15, 0.2) is 48.7 Å². The van der Waals surface area contributed by atoms with E-state index >= 15 is 0 Å². The van der Waals surface area contributed by atoms with Gasteiger partial charge in [0.15, 0.2) is 5.82 Å². The lowest BCUT2D eigenvalue weighted by atomic mass is 10.0. The van der Waals surface area contributed by atoms with Crippen molar-refractivity contribution in [3.8, 4) is 11.4 Å². The molecule has 190 valence electrons. The molecule has 0 saturated carbocycles. The molecule has 9 nitrogen and oxygen atoms in total. The molecule has 1 atom stereocenters. The number of hydrogen-bond donors (Lipinski definition) is 2. The molecule has 4 rings (SSSR count). The lowest BCUT2D eigenvalue weighted by molar-refractivity contribution is 0.0588. The van der Waals surface area contributed by atoms with Crippen molar-refractivity contribution < 1.29 is 23.5 Å². The average molecular weight is 516 g/mol. The third-order valence-corrected chi connectivity index (χ3v) is 5.68. The summed E-state index contributed by atoms with van der Waals surface area (Å²) >= 11 is 6.20. The number of para-hydroxylation sites is 1. The molecule has 0 spiro atoms. The van der Waals surface area contributed by atoms with Crippen molar-refractivity contribution in [3.63, 3.8) is 0 Å². The van der Waals surface area contributed by atoms with Crippen molar-refractivity contribution in [2.45, 2.75) is 38.8 Å². The van der Waals surface area contributed by atoms with Crippen LogP contribution in [0.4, 0.5) is 25.5 Å². The van der Waals surface area contributed by atoms with E-state index in [4.69, 9.17) is 21.1 Å². The number of nitrogens with one attached hydrogen (secondary N) is 2. The first kappa shape index (κ1) is 25.3. The molecule has 36 heavy (non-hydrogen) atoms. The number of urea groups is 1. The van der Waals surface area contributed by atoms with E-state index in [-0.39, 0.29) is 17.5 Å². The van der Waals surface area contributed by atoms with Crippen LogP contribution in [0.2, 0.25) is 5.02 Å². The second-order valence-corrected chi connectivity index (χ2v) is 9.67. The minimum atomic E-state index is -0.701. The SMILES string of the molecule is CN(C(=O)OC(C)(C)C)c1ccc(-n2ccc(NC(=O)N[C@H]3CCOc4c(Cl)cccc43)n2)cc1F. The van der Waals surface area contributed by atoms with Gasteiger partial charge in [0.05, 0.1) is 29.0 Å². The van der Waals surface area contributed by atoms with Crippen LogP contribution in [0.3, 0.4) is 0 Å². The van der Waals surface area contributed by atoms with Crippen LogP contribution in [0.1, 0.15) is 38.8 Å². The van der Waals surface area contributed by atoms with Gasteiger partial charge in [-0.25, -0.2) is 18.7 Å². The van der Waals surface area contributed by atoms with Crippen LogP contribution in [0.25, 0.3) is 5.69 Å². The largest absolute Gasteiger partial charge is 0.492 e. The molecule has 2 heterocycles. The summed E-state index contributed by atoms with van der Waals surface area (Å²) < 4.78 is 27.1. The average Bonchev–Trinajstić information content (AvgIpc) is 3.26. The molecule has 11 heteroatoms. The number of aromatic nitrogens is 2. The predicted molar refractivity (Wildman–Crippen MR) is 135 cm³/mol. The van der Waals surface area contributed by atoms with E-state index in [1.807, 2.05) is 6.07 Å². The van der Waals surface area contributed by atoms with Crippen LogP contribution in [0.5, 0.6) is 5.75 Å². The zero-order chi connectivity index (χ0) is 26.0. The maximum atomic E-state index is 14.8. The number of rotatable bonds is 4. The molecule has 3 aromatic rings. The number of nitrogens with zero attached hydrogens (tertiary/aromatic N) is 3. The Morgan fingerprint density at radius 2 is 2.03 bits per heavy atom. The summed E-state index contributed by atoms with van der Waals surface area (Å²) in [4.78, 5) is 26.0. The molecule has 0 unspecified atom stereocenters. The zero-order valence-corrected chi connectivity index (χ0v) is 21.1. The van der Waals surface area contributed by atoms with Gasteiger partial charge in [-0.1, -0.05) is 23.7 Å². The first-order valence-corrected chi connectivity index (χ1v) is 11.7. The quantitative estimate of drug-likeness (QED) is 0.466. The molecule has 0 saturated heterocycles. The van der Waals surface area contributed by atoms with E-state index in [0.29, 0.717) is 29.5 Å². The van der Waals surface area contributed by atoms with Gasteiger partial charge in [0.1, 0.15) is 17.2 Å². The fourth-order valence-corrected chi connectivity index (χ4v) is 3.96. The van der Waals surface area contributed by atoms with Crippen LogP contribution >= 0.6 is 11.6 Å². The first-order valence-electron chi connectivity index (χ1n) is 11.3. The Morgan fingerprint density at radius 3 is 2.75 bits per heavy atom. The topological polar surface area (TPSA) is 97.7 Å². The van der Waals surface area contributed by atoms with Gasteiger partial charge in [-0.3, -0.25) is 10.2 Å². The summed E-state index contributed by atoms with van der Waals surface area (Å²) in [6.45, 7) is 5.64. The number of hydrogen-bond acceptors (Lipinski definition) is 5. The molecule has 0 radical (unpaired) electrons. The normalized spacial score (nSPS) is 14.9. The van der Waals surface area contributed by atoms with Gasteiger partial charge in [-0.2, -0.15) is 0 Å². The lowest BCUT2D eigenvalue weighted by Crippen LogP contribution is -2.35. The smallest absolute Gasteiger partial charge is 0.414 e. The number of halogens is 2. The summed E-state index contributed by atoms with van der Waals surface area (Å²) in [5, 5.41) is 10.4. The number of benzene rings is 2. The monoisotopic (exact) mass is 515 g/mol. The van der Waals surface area contributed by atoms with Crippen LogP contribution in [-0.2, 0) is 4.74 Å². The van der Waals surface area contributed by atoms with Crippen molar-refractivity contribution in [2.75, 3.05) is 23.9 Å². The molecular formula is C25H27ClFN5O4. The Labute approximate surface area is 213 Å². The summed E-state index contributed by atoms with van der Waals surface area (Å²) in [7, 11) is 1.44. The van der Waals surface area contributed by atoms with E-state index in [2.05, 4.69) is 15.7 Å². The molecule has 0 bridgehead atoms. The zero-order valence-electron chi connectivity index (χ0n) is 20.3. The van der Waals surface area contributed by atoms with Crippen molar-refractivity contribution in [3.05, 3.63) is 65.1 Å². The van der Waals surface area contributed by atoms with Crippen molar-refractivity contribution in [2.24, 2.45) is 0 Å². The highest BCUT2D eigenvalue weighted by molar-refractivity contribution is 6.32. The van der Waals surface area contributed by atoms with E-state index in [1.165, 1.54) is 23.9 Å². The maximum absolute atomic E-state index is 14.8. The Balaban J connectivity index is 1.42. The van der Waals surface area contributed by atoms with Gasteiger partial charge < -0.3 is 14.8 Å². The Kier molecular flexibility index (Phi) is 7.07. The third-order valence-electron chi connectivity index (χ3n) is 5.39. The summed E-state index contributed by atoms with van der Waals surface area (Å²) in [5.41, 5.74) is 0.583. The highest BCUT2D eigenvalue weighted by Crippen LogP contribution is 2.37. The minimum absolute atomic E-state index is 0.0646. The Morgan fingerprint density at radius 1 is 1.25 bits per heavy atom.